The van der Waals surface area contributed by atoms with E-state index in [9.17, 15) is 23.2 Å². The molecule has 5 aromatic rings. The summed E-state index contributed by atoms with van der Waals surface area (Å²) in [4.78, 5) is 42.4. The molecular weight excluding hydrogens is 540 g/mol. The number of rotatable bonds is 5. The Morgan fingerprint density at radius 2 is 1.72 bits per heavy atom. The Balaban J connectivity index is 1.43. The van der Waals surface area contributed by atoms with Crippen molar-refractivity contribution in [3.05, 3.63) is 98.6 Å². The number of halogens is 3. The summed E-state index contributed by atoms with van der Waals surface area (Å²) in [5.74, 6) is -3.69. The van der Waals surface area contributed by atoms with E-state index in [1.165, 1.54) is 0 Å². The van der Waals surface area contributed by atoms with Crippen LogP contribution >= 0.6 is 15.9 Å². The summed E-state index contributed by atoms with van der Waals surface area (Å²) < 4.78 is 32.4. The highest BCUT2D eigenvalue weighted by molar-refractivity contribution is 9.10. The lowest BCUT2D eigenvalue weighted by Gasteiger charge is -2.09. The summed E-state index contributed by atoms with van der Waals surface area (Å²) in [6.07, 6.45) is 0. The minimum atomic E-state index is -0.995. The van der Waals surface area contributed by atoms with Crippen LogP contribution in [0.25, 0.3) is 22.3 Å². The van der Waals surface area contributed by atoms with Crippen molar-refractivity contribution in [2.45, 2.75) is 0 Å². The monoisotopic (exact) mass is 553 g/mol. The molecule has 0 aliphatic heterocycles. The van der Waals surface area contributed by atoms with E-state index in [4.69, 9.17) is 0 Å². The number of nitrogens with zero attached hydrogens (tertiary/aromatic N) is 1. The van der Waals surface area contributed by atoms with E-state index in [0.29, 0.717) is 38.4 Å². The van der Waals surface area contributed by atoms with Crippen LogP contribution in [-0.2, 0) is 0 Å². The molecule has 2 aromatic heterocycles. The van der Waals surface area contributed by atoms with E-state index in [-0.39, 0.29) is 17.1 Å². The van der Waals surface area contributed by atoms with E-state index >= 15 is 0 Å². The van der Waals surface area contributed by atoms with Crippen LogP contribution in [0, 0.1) is 11.6 Å². The third kappa shape index (κ3) is 4.53. The quantitative estimate of drug-likeness (QED) is 0.241. The molecule has 5 rings (SSSR count). The maximum atomic E-state index is 14.0. The molecule has 0 bridgehead atoms. The standard InChI is InChI=1S/C24H14BrF2N5O4/c25-12-4-7-17(15(9-12)21-31-24(35)36-32-21)29-23(34)19-8-11-2-1-3-18(20(11)28-19)30-22(33)14-6-5-13(26)10-16(14)27/h1-10,28H,(H,29,34)(H,30,33)(H,31,32,35). The number of aromatic amines is 2. The Labute approximate surface area is 208 Å². The molecule has 0 aliphatic carbocycles. The fourth-order valence-electron chi connectivity index (χ4n) is 3.60. The first-order valence-electron chi connectivity index (χ1n) is 10.3. The number of carbonyl (C=O) groups excluding carboxylic acids is 2. The summed E-state index contributed by atoms with van der Waals surface area (Å²) in [7, 11) is 0. The number of para-hydroxylation sites is 1. The highest BCUT2D eigenvalue weighted by Gasteiger charge is 2.18. The van der Waals surface area contributed by atoms with Crippen LogP contribution in [0.5, 0.6) is 0 Å². The van der Waals surface area contributed by atoms with E-state index < -0.39 is 29.2 Å². The van der Waals surface area contributed by atoms with Crippen molar-refractivity contribution >= 4 is 50.0 Å². The first-order valence-corrected chi connectivity index (χ1v) is 11.1. The molecule has 0 saturated heterocycles. The van der Waals surface area contributed by atoms with Gasteiger partial charge in [-0.25, -0.2) is 13.6 Å². The van der Waals surface area contributed by atoms with Crippen molar-refractivity contribution in [2.75, 3.05) is 10.6 Å². The first kappa shape index (κ1) is 23.2. The zero-order chi connectivity index (χ0) is 25.4. The van der Waals surface area contributed by atoms with E-state index in [1.807, 2.05) is 0 Å². The molecule has 0 radical (unpaired) electrons. The van der Waals surface area contributed by atoms with Crippen LogP contribution in [0.15, 0.2) is 74.5 Å². The predicted molar refractivity (Wildman–Crippen MR) is 131 cm³/mol. The fraction of sp³-hybridized carbons (Fsp3) is 0. The van der Waals surface area contributed by atoms with Gasteiger partial charge in [0.1, 0.15) is 17.3 Å². The van der Waals surface area contributed by atoms with Crippen LogP contribution in [0.4, 0.5) is 20.2 Å². The van der Waals surface area contributed by atoms with Gasteiger partial charge in [0.2, 0.25) is 0 Å². The summed E-state index contributed by atoms with van der Waals surface area (Å²) >= 11 is 3.34. The number of anilines is 2. The second kappa shape index (κ2) is 9.23. The molecule has 0 spiro atoms. The second-order valence-electron chi connectivity index (χ2n) is 7.62. The zero-order valence-electron chi connectivity index (χ0n) is 18.0. The van der Waals surface area contributed by atoms with E-state index in [2.05, 4.69) is 46.2 Å². The Hall–Kier alpha value is -4.58. The minimum Gasteiger partial charge on any atom is -0.349 e. The van der Waals surface area contributed by atoms with Gasteiger partial charge in [-0.3, -0.25) is 19.1 Å². The topological polar surface area (TPSA) is 133 Å². The van der Waals surface area contributed by atoms with Crippen LogP contribution in [0.1, 0.15) is 20.8 Å². The fourth-order valence-corrected chi connectivity index (χ4v) is 3.96. The number of hydrogen-bond donors (Lipinski definition) is 4. The molecule has 3 aromatic carbocycles. The van der Waals surface area contributed by atoms with Gasteiger partial charge in [-0.05, 0) is 42.5 Å². The lowest BCUT2D eigenvalue weighted by molar-refractivity contribution is 0.101. The van der Waals surface area contributed by atoms with Gasteiger partial charge in [-0.2, -0.15) is 0 Å². The number of fused-ring (bicyclic) bond motifs is 1. The normalized spacial score (nSPS) is 11.0. The van der Waals surface area contributed by atoms with Gasteiger partial charge in [0.15, 0.2) is 5.82 Å². The molecule has 0 saturated carbocycles. The highest BCUT2D eigenvalue weighted by Crippen LogP contribution is 2.30. The summed E-state index contributed by atoms with van der Waals surface area (Å²) in [6, 6.07) is 14.2. The van der Waals surface area contributed by atoms with Crippen molar-refractivity contribution < 1.29 is 22.9 Å². The summed E-state index contributed by atoms with van der Waals surface area (Å²) in [5.41, 5.74) is 1.33. The molecule has 4 N–H and O–H groups in total. The number of hydrogen-bond acceptors (Lipinski definition) is 5. The molecule has 2 amide bonds. The lowest BCUT2D eigenvalue weighted by atomic mass is 10.1. The Kier molecular flexibility index (Phi) is 5.94. The van der Waals surface area contributed by atoms with E-state index in [1.54, 1.807) is 42.5 Å². The van der Waals surface area contributed by atoms with Crippen LogP contribution < -0.4 is 16.4 Å². The number of H-pyrrole nitrogens is 2. The lowest BCUT2D eigenvalue weighted by Crippen LogP contribution is -2.14. The smallest absolute Gasteiger partial charge is 0.349 e. The van der Waals surface area contributed by atoms with E-state index in [0.717, 1.165) is 12.1 Å². The third-order valence-corrected chi connectivity index (χ3v) is 5.74. The van der Waals surface area contributed by atoms with Gasteiger partial charge >= 0.3 is 5.76 Å². The second-order valence-corrected chi connectivity index (χ2v) is 8.53. The van der Waals surface area contributed by atoms with Gasteiger partial charge in [-0.15, -0.1) is 0 Å². The molecule has 2 heterocycles. The zero-order valence-corrected chi connectivity index (χ0v) is 19.6. The van der Waals surface area contributed by atoms with Crippen LogP contribution in [0.2, 0.25) is 0 Å². The SMILES string of the molecule is O=C(Nc1ccc(Br)cc1-c1noc(=O)[nH]1)c1cc2cccc(NC(=O)c3ccc(F)cc3F)c2[nH]1. The van der Waals surface area contributed by atoms with Gasteiger partial charge in [0.05, 0.1) is 22.5 Å². The molecule has 12 heteroatoms. The van der Waals surface area contributed by atoms with Crippen molar-refractivity contribution in [3.63, 3.8) is 0 Å². The minimum absolute atomic E-state index is 0.131. The first-order chi connectivity index (χ1) is 17.3. The van der Waals surface area contributed by atoms with Crippen LogP contribution in [0.3, 0.4) is 0 Å². The molecule has 180 valence electrons. The van der Waals surface area contributed by atoms with Crippen LogP contribution in [-0.4, -0.2) is 26.9 Å². The summed E-state index contributed by atoms with van der Waals surface area (Å²) in [6.45, 7) is 0. The molecule has 0 unspecified atom stereocenters. The van der Waals surface area contributed by atoms with Crippen molar-refractivity contribution in [2.24, 2.45) is 0 Å². The Morgan fingerprint density at radius 1 is 0.917 bits per heavy atom. The predicted octanol–water partition coefficient (Wildman–Crippen LogP) is 5.06. The average molecular weight is 554 g/mol. The number of benzene rings is 3. The Bertz CT molecular complexity index is 1710. The Morgan fingerprint density at radius 3 is 2.47 bits per heavy atom. The maximum Gasteiger partial charge on any atom is 0.439 e. The van der Waals surface area contributed by atoms with Crippen molar-refractivity contribution in [1.82, 2.24) is 15.1 Å². The highest BCUT2D eigenvalue weighted by atomic mass is 79.9. The molecule has 9 nitrogen and oxygen atoms in total. The molecule has 0 atom stereocenters. The number of nitrogens with one attached hydrogen (secondary N) is 4. The molecular formula is C24H14BrF2N5O4. The van der Waals surface area contributed by atoms with Gasteiger partial charge in [-0.1, -0.05) is 33.2 Å². The largest absolute Gasteiger partial charge is 0.439 e. The van der Waals surface area contributed by atoms with Crippen molar-refractivity contribution in [1.29, 1.82) is 0 Å². The number of amides is 2. The van der Waals surface area contributed by atoms with Gasteiger partial charge in [0.25, 0.3) is 11.8 Å². The average Bonchev–Trinajstić information content (AvgIpc) is 3.47. The summed E-state index contributed by atoms with van der Waals surface area (Å²) in [5, 5.41) is 9.61. The third-order valence-electron chi connectivity index (χ3n) is 5.25. The van der Waals surface area contributed by atoms with Gasteiger partial charge < -0.3 is 15.6 Å². The molecule has 0 aliphatic rings. The molecule has 0 fully saturated rings. The number of aromatic nitrogens is 3. The van der Waals surface area contributed by atoms with Crippen molar-refractivity contribution in [3.8, 4) is 11.4 Å². The van der Waals surface area contributed by atoms with Gasteiger partial charge in [0, 0.05) is 21.5 Å². The molecule has 36 heavy (non-hydrogen) atoms. The maximum absolute atomic E-state index is 14.0. The number of carbonyl (C=O) groups is 2.